The molecule has 5 unspecified atom stereocenters. The van der Waals surface area contributed by atoms with Crippen LogP contribution in [0.1, 0.15) is 32.6 Å². The molecule has 2 bridgehead atoms. The molecule has 68 valence electrons. The summed E-state index contributed by atoms with van der Waals surface area (Å²) in [7, 11) is 0. The molecule has 0 amide bonds. The Morgan fingerprint density at radius 1 is 1.25 bits per heavy atom. The average Bonchev–Trinajstić information content (AvgIpc) is 2.53. The zero-order chi connectivity index (χ0) is 8.29. The molecule has 12 heavy (non-hydrogen) atoms. The number of hydrogen-bond donors (Lipinski definition) is 1. The van der Waals surface area contributed by atoms with Crippen LogP contribution < -0.4 is 5.73 Å². The van der Waals surface area contributed by atoms with Crippen LogP contribution in [0.25, 0.3) is 0 Å². The van der Waals surface area contributed by atoms with Crippen molar-refractivity contribution in [2.24, 2.45) is 35.3 Å². The van der Waals surface area contributed by atoms with Gasteiger partial charge in [0.25, 0.3) is 0 Å². The third-order valence-electron chi connectivity index (χ3n) is 4.76. The highest BCUT2D eigenvalue weighted by molar-refractivity contribution is 5.15. The summed E-state index contributed by atoms with van der Waals surface area (Å²) in [5, 5.41) is 0. The first-order valence-corrected chi connectivity index (χ1v) is 5.58. The molecule has 0 radical (unpaired) electrons. The topological polar surface area (TPSA) is 26.0 Å². The molecule has 0 aliphatic heterocycles. The van der Waals surface area contributed by atoms with E-state index < -0.39 is 0 Å². The van der Waals surface area contributed by atoms with Crippen molar-refractivity contribution in [3.05, 3.63) is 0 Å². The van der Waals surface area contributed by atoms with Crippen molar-refractivity contribution in [3.63, 3.8) is 0 Å². The van der Waals surface area contributed by atoms with Crippen LogP contribution in [0.15, 0.2) is 0 Å². The van der Waals surface area contributed by atoms with Gasteiger partial charge in [0.1, 0.15) is 0 Å². The Morgan fingerprint density at radius 3 is 2.33 bits per heavy atom. The second-order valence-electron chi connectivity index (χ2n) is 5.14. The SMILES string of the molecule is CCC(N)C1C2C3CCC(C3)C12. The van der Waals surface area contributed by atoms with E-state index in [9.17, 15) is 0 Å². The Kier molecular flexibility index (Phi) is 1.39. The van der Waals surface area contributed by atoms with Crippen molar-refractivity contribution in [2.75, 3.05) is 0 Å². The lowest BCUT2D eigenvalue weighted by atomic mass is 9.97. The van der Waals surface area contributed by atoms with E-state index in [2.05, 4.69) is 6.92 Å². The van der Waals surface area contributed by atoms with Crippen LogP contribution in [-0.2, 0) is 0 Å². The van der Waals surface area contributed by atoms with Gasteiger partial charge in [-0.3, -0.25) is 0 Å². The van der Waals surface area contributed by atoms with Crippen LogP contribution in [0.2, 0.25) is 0 Å². The highest BCUT2D eigenvalue weighted by Gasteiger charge is 2.65. The van der Waals surface area contributed by atoms with Gasteiger partial charge in [0, 0.05) is 6.04 Å². The number of rotatable bonds is 2. The number of hydrogen-bond acceptors (Lipinski definition) is 1. The third-order valence-corrected chi connectivity index (χ3v) is 4.76. The zero-order valence-corrected chi connectivity index (χ0v) is 7.87. The molecule has 0 aromatic heterocycles. The second kappa shape index (κ2) is 2.25. The van der Waals surface area contributed by atoms with Gasteiger partial charge < -0.3 is 5.73 Å². The van der Waals surface area contributed by atoms with Gasteiger partial charge >= 0.3 is 0 Å². The summed E-state index contributed by atoms with van der Waals surface area (Å²) in [5.74, 6) is 5.31. The van der Waals surface area contributed by atoms with E-state index >= 15 is 0 Å². The molecule has 1 nitrogen and oxygen atoms in total. The maximum absolute atomic E-state index is 6.12. The van der Waals surface area contributed by atoms with E-state index in [0.29, 0.717) is 6.04 Å². The zero-order valence-electron chi connectivity index (χ0n) is 7.87. The highest BCUT2D eigenvalue weighted by Crippen LogP contribution is 2.70. The summed E-state index contributed by atoms with van der Waals surface area (Å²) in [6.07, 6.45) is 5.80. The molecule has 1 heteroatoms. The normalized spacial score (nSPS) is 57.0. The van der Waals surface area contributed by atoms with Crippen molar-refractivity contribution >= 4 is 0 Å². The molecule has 3 aliphatic carbocycles. The summed E-state index contributed by atoms with van der Waals surface area (Å²) in [4.78, 5) is 0. The molecule has 0 saturated heterocycles. The minimum atomic E-state index is 0.531. The van der Waals surface area contributed by atoms with Gasteiger partial charge in [0.15, 0.2) is 0 Å². The van der Waals surface area contributed by atoms with Crippen molar-refractivity contribution < 1.29 is 0 Å². The first-order chi connectivity index (χ1) is 5.83. The smallest absolute Gasteiger partial charge is 0.00702 e. The molecule has 3 aliphatic rings. The van der Waals surface area contributed by atoms with Crippen LogP contribution in [0.3, 0.4) is 0 Å². The molecule has 3 rings (SSSR count). The Labute approximate surface area is 74.7 Å². The van der Waals surface area contributed by atoms with Gasteiger partial charge in [-0.1, -0.05) is 6.92 Å². The molecule has 0 aromatic rings. The lowest BCUT2D eigenvalue weighted by Gasteiger charge is -2.13. The van der Waals surface area contributed by atoms with Gasteiger partial charge in [-0.05, 0) is 55.3 Å². The summed E-state index contributed by atoms with van der Waals surface area (Å²) in [5.41, 5.74) is 6.12. The van der Waals surface area contributed by atoms with Crippen LogP contribution in [-0.4, -0.2) is 6.04 Å². The van der Waals surface area contributed by atoms with Crippen LogP contribution in [0.5, 0.6) is 0 Å². The second-order valence-corrected chi connectivity index (χ2v) is 5.14. The minimum absolute atomic E-state index is 0.531. The van der Waals surface area contributed by atoms with E-state index in [1.165, 1.54) is 19.3 Å². The van der Waals surface area contributed by atoms with Crippen molar-refractivity contribution in [1.82, 2.24) is 0 Å². The molecule has 0 aromatic carbocycles. The Hall–Kier alpha value is -0.0400. The first-order valence-electron chi connectivity index (χ1n) is 5.58. The monoisotopic (exact) mass is 165 g/mol. The summed E-state index contributed by atoms with van der Waals surface area (Å²) >= 11 is 0. The minimum Gasteiger partial charge on any atom is -0.327 e. The molecule has 5 atom stereocenters. The van der Waals surface area contributed by atoms with Crippen LogP contribution >= 0.6 is 0 Å². The van der Waals surface area contributed by atoms with Crippen molar-refractivity contribution in [2.45, 2.75) is 38.6 Å². The molecule has 2 N–H and O–H groups in total. The van der Waals surface area contributed by atoms with Crippen LogP contribution in [0, 0.1) is 29.6 Å². The predicted octanol–water partition coefficient (Wildman–Crippen LogP) is 2.02. The largest absolute Gasteiger partial charge is 0.327 e. The fourth-order valence-corrected chi connectivity index (χ4v) is 4.24. The number of fused-ring (bicyclic) bond motifs is 5. The fourth-order valence-electron chi connectivity index (χ4n) is 4.24. The molecule has 0 heterocycles. The van der Waals surface area contributed by atoms with Gasteiger partial charge in [-0.15, -0.1) is 0 Å². The van der Waals surface area contributed by atoms with E-state index in [1.807, 2.05) is 0 Å². The fraction of sp³-hybridized carbons (Fsp3) is 1.00. The lowest BCUT2D eigenvalue weighted by Crippen LogP contribution is -2.24. The molecule has 0 spiro atoms. The van der Waals surface area contributed by atoms with Gasteiger partial charge in [-0.2, -0.15) is 0 Å². The quantitative estimate of drug-likeness (QED) is 0.665. The van der Waals surface area contributed by atoms with Gasteiger partial charge in [0.2, 0.25) is 0 Å². The van der Waals surface area contributed by atoms with E-state index in [-0.39, 0.29) is 0 Å². The summed E-state index contributed by atoms with van der Waals surface area (Å²) in [6, 6.07) is 0.531. The van der Waals surface area contributed by atoms with Crippen molar-refractivity contribution in [1.29, 1.82) is 0 Å². The third kappa shape index (κ3) is 0.736. The Bertz CT molecular complexity index is 185. The molecular formula is C11H19N. The van der Waals surface area contributed by atoms with Crippen LogP contribution in [0.4, 0.5) is 0 Å². The standard InChI is InChI=1S/C11H19N/c1-2-8(12)11-9-6-3-4-7(5-6)10(9)11/h6-11H,2-5,12H2,1H3. The summed E-state index contributed by atoms with van der Waals surface area (Å²) in [6.45, 7) is 2.24. The van der Waals surface area contributed by atoms with E-state index in [4.69, 9.17) is 5.73 Å². The summed E-state index contributed by atoms with van der Waals surface area (Å²) < 4.78 is 0. The Morgan fingerprint density at radius 2 is 1.83 bits per heavy atom. The van der Waals surface area contributed by atoms with E-state index in [0.717, 1.165) is 29.6 Å². The Balaban J connectivity index is 1.74. The predicted molar refractivity (Wildman–Crippen MR) is 49.6 cm³/mol. The number of nitrogens with two attached hydrogens (primary N) is 1. The van der Waals surface area contributed by atoms with E-state index in [1.54, 1.807) is 6.42 Å². The molecule has 3 fully saturated rings. The lowest BCUT2D eigenvalue weighted by molar-refractivity contribution is 0.405. The van der Waals surface area contributed by atoms with Gasteiger partial charge in [-0.25, -0.2) is 0 Å². The molecular weight excluding hydrogens is 146 g/mol. The maximum atomic E-state index is 6.12. The average molecular weight is 165 g/mol. The maximum Gasteiger partial charge on any atom is 0.00702 e. The van der Waals surface area contributed by atoms with Crippen molar-refractivity contribution in [3.8, 4) is 0 Å². The first kappa shape index (κ1) is 7.37. The highest BCUT2D eigenvalue weighted by atomic mass is 14.8. The van der Waals surface area contributed by atoms with Gasteiger partial charge in [0.05, 0.1) is 0 Å². The molecule has 3 saturated carbocycles.